The topological polar surface area (TPSA) is 140 Å². The van der Waals surface area contributed by atoms with E-state index < -0.39 is 53.6 Å². The minimum atomic E-state index is -1.07. The van der Waals surface area contributed by atoms with E-state index in [0.717, 1.165) is 31.2 Å². The number of thiol groups is 1. The first-order chi connectivity index (χ1) is 20.1. The summed E-state index contributed by atoms with van der Waals surface area (Å²) in [6.45, 7) is 3.60. The maximum Gasteiger partial charge on any atom is 0.303 e. The number of ether oxygens (including phenoxy) is 4. The Morgan fingerprint density at radius 1 is 1.02 bits per heavy atom. The molecule has 1 N–H and O–H groups in total. The highest BCUT2D eigenvalue weighted by molar-refractivity contribution is 7.83. The van der Waals surface area contributed by atoms with Crippen LogP contribution in [0.2, 0.25) is 0 Å². The molecule has 0 amide bonds. The van der Waals surface area contributed by atoms with Gasteiger partial charge in [0.25, 0.3) is 0 Å². The lowest BCUT2D eigenvalue weighted by molar-refractivity contribution is -0.167. The van der Waals surface area contributed by atoms with Gasteiger partial charge in [-0.25, -0.2) is 15.0 Å². The normalized spacial score (nSPS) is 30.8. The molecule has 0 radical (unpaired) electrons. The predicted octanol–water partition coefficient (Wildman–Crippen LogP) is 2.41. The van der Waals surface area contributed by atoms with Gasteiger partial charge in [0.15, 0.2) is 35.4 Å². The van der Waals surface area contributed by atoms with Gasteiger partial charge in [-0.3, -0.25) is 24.6 Å². The van der Waals surface area contributed by atoms with Crippen molar-refractivity contribution >= 4 is 48.4 Å². The number of hydrogen-bond acceptors (Lipinski definition) is 13. The number of benzene rings is 1. The zero-order valence-electron chi connectivity index (χ0n) is 24.0. The summed E-state index contributed by atoms with van der Waals surface area (Å²) in [5, 5.41) is 3.65. The van der Waals surface area contributed by atoms with E-state index in [1.54, 1.807) is 0 Å². The molecular formula is C29H37N5O7S. The second-order valence-electron chi connectivity index (χ2n) is 11.0. The first-order valence-corrected chi connectivity index (χ1v) is 14.7. The fourth-order valence-corrected chi connectivity index (χ4v) is 6.31. The van der Waals surface area contributed by atoms with E-state index in [0.29, 0.717) is 18.0 Å². The van der Waals surface area contributed by atoms with E-state index >= 15 is 0 Å². The van der Waals surface area contributed by atoms with Crippen molar-refractivity contribution in [2.45, 2.75) is 101 Å². The number of carbonyl (C=O) groups is 3. The molecule has 12 nitrogen and oxygen atoms in total. The average molecular weight is 600 g/mol. The van der Waals surface area contributed by atoms with E-state index in [-0.39, 0.29) is 12.6 Å². The summed E-state index contributed by atoms with van der Waals surface area (Å²) in [5.74, 6) is -1.24. The van der Waals surface area contributed by atoms with Crippen LogP contribution in [0.3, 0.4) is 0 Å². The van der Waals surface area contributed by atoms with Gasteiger partial charge >= 0.3 is 17.9 Å². The van der Waals surface area contributed by atoms with Crippen LogP contribution in [0, 0.1) is 0 Å². The number of fused-ring (bicyclic) bond motifs is 1. The Morgan fingerprint density at radius 2 is 1.71 bits per heavy atom. The quantitative estimate of drug-likeness (QED) is 0.249. The van der Waals surface area contributed by atoms with Gasteiger partial charge in [0.1, 0.15) is 24.8 Å². The van der Waals surface area contributed by atoms with Crippen molar-refractivity contribution in [3.05, 3.63) is 35.9 Å². The third-order valence-corrected chi connectivity index (χ3v) is 8.19. The SMILES string of the molecule is CC(=O)OC[C@H]1O[C@@H](N2C3=NC=NC(S)(Cc4ccccc4)C3=NC2NC2CCCCC2)[C@H](OC(C)=O)[C@@H]1OC(C)=O. The summed E-state index contributed by atoms with van der Waals surface area (Å²) in [5.41, 5.74) is 1.57. The minimum absolute atomic E-state index is 0.190. The molecule has 1 aromatic carbocycles. The van der Waals surface area contributed by atoms with Gasteiger partial charge < -0.3 is 18.9 Å². The van der Waals surface area contributed by atoms with Gasteiger partial charge in [-0.15, -0.1) is 12.6 Å². The molecule has 13 heteroatoms. The molecule has 1 aromatic rings. The minimum Gasteiger partial charge on any atom is -0.463 e. The van der Waals surface area contributed by atoms with E-state index in [4.69, 9.17) is 36.6 Å². The monoisotopic (exact) mass is 599 g/mol. The Balaban J connectivity index is 1.52. The second kappa shape index (κ2) is 12.9. The first kappa shape index (κ1) is 30.2. The number of nitrogens with zero attached hydrogens (tertiary/aromatic N) is 4. The number of aliphatic imine (C=N–C) groups is 3. The number of esters is 3. The molecule has 3 aliphatic heterocycles. The van der Waals surface area contributed by atoms with Gasteiger partial charge in [-0.1, -0.05) is 49.6 Å². The molecule has 5 rings (SSSR count). The van der Waals surface area contributed by atoms with Crippen LogP contribution in [0.4, 0.5) is 0 Å². The second-order valence-corrected chi connectivity index (χ2v) is 11.7. The van der Waals surface area contributed by atoms with Crippen LogP contribution in [0.5, 0.6) is 0 Å². The number of rotatable bonds is 9. The van der Waals surface area contributed by atoms with Crippen LogP contribution >= 0.6 is 12.6 Å². The molecule has 1 aliphatic carbocycles. The van der Waals surface area contributed by atoms with Crippen molar-refractivity contribution in [1.82, 2.24) is 10.2 Å². The maximum absolute atomic E-state index is 12.3. The lowest BCUT2D eigenvalue weighted by Gasteiger charge is -2.37. The largest absolute Gasteiger partial charge is 0.463 e. The molecule has 2 unspecified atom stereocenters. The van der Waals surface area contributed by atoms with Gasteiger partial charge in [0.05, 0.1) is 0 Å². The molecule has 0 aromatic heterocycles. The van der Waals surface area contributed by atoms with Crippen molar-refractivity contribution in [1.29, 1.82) is 0 Å². The van der Waals surface area contributed by atoms with E-state index in [2.05, 4.69) is 15.3 Å². The van der Waals surface area contributed by atoms with E-state index in [9.17, 15) is 14.4 Å². The highest BCUT2D eigenvalue weighted by Crippen LogP contribution is 2.38. The lowest BCUT2D eigenvalue weighted by Crippen LogP contribution is -2.58. The number of hydrogen-bond donors (Lipinski definition) is 2. The summed E-state index contributed by atoms with van der Waals surface area (Å²) < 4.78 is 23.0. The van der Waals surface area contributed by atoms with Crippen LogP contribution in [0.1, 0.15) is 58.4 Å². The highest BCUT2D eigenvalue weighted by Gasteiger charge is 2.57. The summed E-state index contributed by atoms with van der Waals surface area (Å²) in [4.78, 5) is 51.2. The molecule has 3 heterocycles. The molecule has 0 bridgehead atoms. The third-order valence-electron chi connectivity index (χ3n) is 7.70. The van der Waals surface area contributed by atoms with Crippen molar-refractivity contribution < 1.29 is 33.3 Å². The van der Waals surface area contributed by atoms with Gasteiger partial charge in [0.2, 0.25) is 0 Å². The van der Waals surface area contributed by atoms with Crippen molar-refractivity contribution in [2.24, 2.45) is 15.0 Å². The van der Waals surface area contributed by atoms with Crippen LogP contribution in [0.15, 0.2) is 45.3 Å². The number of carbonyl (C=O) groups excluding carboxylic acids is 3. The Labute approximate surface area is 250 Å². The summed E-state index contributed by atoms with van der Waals surface area (Å²) in [6, 6.07) is 10.1. The summed E-state index contributed by atoms with van der Waals surface area (Å²) >= 11 is 5.02. The Hall–Kier alpha value is -3.29. The van der Waals surface area contributed by atoms with Crippen LogP contribution in [0.25, 0.3) is 0 Å². The Kier molecular flexibility index (Phi) is 9.28. The lowest BCUT2D eigenvalue weighted by atomic mass is 9.95. The maximum atomic E-state index is 12.3. The van der Waals surface area contributed by atoms with Gasteiger partial charge in [0, 0.05) is 33.2 Å². The molecule has 1 saturated heterocycles. The van der Waals surface area contributed by atoms with Crippen molar-refractivity contribution in [3.8, 4) is 0 Å². The standard InChI is InChI=1S/C29H37N5O7S/c1-17(35)38-15-22-23(39-18(2)36)24(40-19(3)37)27(41-22)34-26-25(33-28(34)32-21-12-8-5-9-13-21)29(42,31-16-30-26)14-20-10-6-4-7-11-20/h4,6-7,10-11,16,21-24,27-28,32,42H,5,8-9,12-15H2,1-3H3/t22-,23-,24-,27-,28?,29?/m1/s1. The Morgan fingerprint density at radius 3 is 2.38 bits per heavy atom. The molecule has 4 aliphatic rings. The molecule has 42 heavy (non-hydrogen) atoms. The average Bonchev–Trinajstić information content (AvgIpc) is 3.46. The number of nitrogens with one attached hydrogen (secondary N) is 1. The smallest absolute Gasteiger partial charge is 0.303 e. The molecule has 2 fully saturated rings. The number of amidine groups is 1. The fraction of sp³-hybridized carbons (Fsp3) is 0.586. The molecule has 6 atom stereocenters. The predicted molar refractivity (Wildman–Crippen MR) is 157 cm³/mol. The zero-order chi connectivity index (χ0) is 29.9. The van der Waals surface area contributed by atoms with Crippen LogP contribution in [-0.4, -0.2) is 89.0 Å². The van der Waals surface area contributed by atoms with Gasteiger partial charge in [-0.2, -0.15) is 0 Å². The molecular weight excluding hydrogens is 562 g/mol. The third kappa shape index (κ3) is 6.68. The first-order valence-electron chi connectivity index (χ1n) is 14.3. The molecule has 1 saturated carbocycles. The van der Waals surface area contributed by atoms with Crippen LogP contribution < -0.4 is 5.32 Å². The molecule has 226 valence electrons. The summed E-state index contributed by atoms with van der Waals surface area (Å²) in [7, 11) is 0. The van der Waals surface area contributed by atoms with E-state index in [1.165, 1.54) is 33.5 Å². The van der Waals surface area contributed by atoms with Gasteiger partial charge in [-0.05, 0) is 18.4 Å². The zero-order valence-corrected chi connectivity index (χ0v) is 24.9. The Bertz CT molecular complexity index is 1270. The van der Waals surface area contributed by atoms with E-state index in [1.807, 2.05) is 35.2 Å². The summed E-state index contributed by atoms with van der Waals surface area (Å²) in [6.07, 6.45) is 2.61. The fourth-order valence-electron chi connectivity index (χ4n) is 5.91. The van der Waals surface area contributed by atoms with Crippen LogP contribution in [-0.2, 0) is 39.8 Å². The highest BCUT2D eigenvalue weighted by atomic mass is 32.1. The van der Waals surface area contributed by atoms with Crippen molar-refractivity contribution in [2.75, 3.05) is 6.61 Å². The molecule has 0 spiro atoms. The van der Waals surface area contributed by atoms with Crippen molar-refractivity contribution in [3.63, 3.8) is 0 Å².